The van der Waals surface area contributed by atoms with Gasteiger partial charge in [-0.2, -0.15) is 16.4 Å². The molecule has 6 heterocycles. The Hall–Kier alpha value is -4.30. The third-order valence-electron chi connectivity index (χ3n) is 6.28. The summed E-state index contributed by atoms with van der Waals surface area (Å²) in [5.74, 6) is 0. The smallest absolute Gasteiger partial charge is 0.135 e. The van der Waals surface area contributed by atoms with Gasteiger partial charge in [-0.25, -0.2) is 4.98 Å². The molecule has 0 saturated carbocycles. The van der Waals surface area contributed by atoms with Crippen LogP contribution in [0.25, 0.3) is 55.7 Å². The van der Waals surface area contributed by atoms with Gasteiger partial charge >= 0.3 is 0 Å². The van der Waals surface area contributed by atoms with Crippen molar-refractivity contribution in [2.75, 3.05) is 5.32 Å². The number of anilines is 1. The van der Waals surface area contributed by atoms with Crippen LogP contribution < -0.4 is 5.32 Å². The zero-order chi connectivity index (χ0) is 24.9. The maximum atomic E-state index is 4.98. The Bertz CT molecular complexity index is 1720. The second kappa shape index (κ2) is 8.42. The van der Waals surface area contributed by atoms with Crippen molar-refractivity contribution in [1.29, 1.82) is 0 Å². The van der Waals surface area contributed by atoms with E-state index in [1.54, 1.807) is 17.5 Å². The molecule has 7 nitrogen and oxygen atoms in total. The van der Waals surface area contributed by atoms with Crippen molar-refractivity contribution in [1.82, 2.24) is 30.1 Å². The number of aromatic amines is 2. The van der Waals surface area contributed by atoms with Gasteiger partial charge in [-0.1, -0.05) is 27.4 Å². The lowest BCUT2D eigenvalue weighted by atomic mass is 9.93. The van der Waals surface area contributed by atoms with Crippen LogP contribution in [0.5, 0.6) is 0 Å². The third-order valence-corrected chi connectivity index (χ3v) is 6.96. The average Bonchev–Trinajstić information content (AvgIpc) is 3.62. The van der Waals surface area contributed by atoms with Crippen LogP contribution in [0.3, 0.4) is 0 Å². The van der Waals surface area contributed by atoms with Gasteiger partial charge in [0, 0.05) is 40.0 Å². The molecule has 0 atom stereocenters. The third kappa shape index (κ3) is 3.95. The van der Waals surface area contributed by atoms with Crippen molar-refractivity contribution in [3.8, 4) is 33.8 Å². The lowest BCUT2D eigenvalue weighted by Crippen LogP contribution is -2.15. The van der Waals surface area contributed by atoms with E-state index in [-0.39, 0.29) is 5.41 Å². The lowest BCUT2D eigenvalue weighted by molar-refractivity contribution is 0.509. The van der Waals surface area contributed by atoms with Crippen molar-refractivity contribution in [2.45, 2.75) is 20.8 Å². The van der Waals surface area contributed by atoms with E-state index in [9.17, 15) is 0 Å². The van der Waals surface area contributed by atoms with Crippen LogP contribution in [0.15, 0.2) is 78.2 Å². The van der Waals surface area contributed by atoms with Crippen LogP contribution in [-0.4, -0.2) is 30.1 Å². The van der Waals surface area contributed by atoms with Crippen LogP contribution in [0.4, 0.5) is 5.69 Å². The molecule has 0 amide bonds. The van der Waals surface area contributed by atoms with Crippen LogP contribution in [0, 0.1) is 5.41 Å². The van der Waals surface area contributed by atoms with E-state index in [2.05, 4.69) is 80.7 Å². The van der Waals surface area contributed by atoms with Gasteiger partial charge in [0.05, 0.1) is 40.5 Å². The predicted molar refractivity (Wildman–Crippen MR) is 148 cm³/mol. The van der Waals surface area contributed by atoms with Crippen molar-refractivity contribution in [3.05, 3.63) is 78.2 Å². The van der Waals surface area contributed by atoms with Crippen LogP contribution >= 0.6 is 11.3 Å². The highest BCUT2D eigenvalue weighted by molar-refractivity contribution is 7.08. The van der Waals surface area contributed by atoms with E-state index in [4.69, 9.17) is 4.98 Å². The van der Waals surface area contributed by atoms with Gasteiger partial charge in [0.15, 0.2) is 0 Å². The summed E-state index contributed by atoms with van der Waals surface area (Å²) in [6.45, 7) is 10.5. The fraction of sp³-hybridized carbons (Fsp3) is 0.143. The highest BCUT2D eigenvalue weighted by Crippen LogP contribution is 2.34. The number of hydrogen-bond donors (Lipinski definition) is 3. The zero-order valence-corrected chi connectivity index (χ0v) is 21.1. The highest BCUT2D eigenvalue weighted by atomic mass is 32.1. The molecule has 0 spiro atoms. The molecule has 3 N–H and O–H groups in total. The molecule has 36 heavy (non-hydrogen) atoms. The quantitative estimate of drug-likeness (QED) is 0.236. The fourth-order valence-corrected chi connectivity index (χ4v) is 4.74. The number of pyridine rings is 3. The van der Waals surface area contributed by atoms with Crippen molar-refractivity contribution in [3.63, 3.8) is 0 Å². The summed E-state index contributed by atoms with van der Waals surface area (Å²) in [5.41, 5.74) is 10.0. The van der Waals surface area contributed by atoms with Crippen LogP contribution in [0.1, 0.15) is 20.8 Å². The Morgan fingerprint density at radius 2 is 1.83 bits per heavy atom. The molecule has 0 aliphatic carbocycles. The van der Waals surface area contributed by atoms with Gasteiger partial charge in [-0.3, -0.25) is 15.1 Å². The summed E-state index contributed by atoms with van der Waals surface area (Å²) < 4.78 is 0. The van der Waals surface area contributed by atoms with Gasteiger partial charge < -0.3 is 10.3 Å². The van der Waals surface area contributed by atoms with Crippen LogP contribution in [0.2, 0.25) is 0 Å². The molecular weight excluding hydrogens is 466 g/mol. The Kier molecular flexibility index (Phi) is 5.19. The van der Waals surface area contributed by atoms with E-state index in [0.29, 0.717) is 0 Å². The second-order valence-electron chi connectivity index (χ2n) is 9.82. The van der Waals surface area contributed by atoms with E-state index < -0.39 is 0 Å². The largest absolute Gasteiger partial charge is 0.358 e. The van der Waals surface area contributed by atoms with Gasteiger partial charge in [0.2, 0.25) is 0 Å². The number of H-pyrrole nitrogens is 2. The molecule has 0 bridgehead atoms. The summed E-state index contributed by atoms with van der Waals surface area (Å²) in [6, 6.07) is 10.3. The Morgan fingerprint density at radius 3 is 2.64 bits per heavy atom. The van der Waals surface area contributed by atoms with Crippen LogP contribution in [-0.2, 0) is 0 Å². The minimum Gasteiger partial charge on any atom is -0.358 e. The molecule has 0 aliphatic heterocycles. The number of allylic oxidation sites excluding steroid dienone is 1. The number of nitrogens with zero attached hydrogens (tertiary/aromatic N) is 4. The molecule has 0 saturated heterocycles. The molecule has 6 aromatic heterocycles. The Balaban J connectivity index is 1.40. The van der Waals surface area contributed by atoms with E-state index in [1.807, 2.05) is 36.8 Å². The summed E-state index contributed by atoms with van der Waals surface area (Å²) in [6.07, 6.45) is 7.37. The first-order valence-corrected chi connectivity index (χ1v) is 12.6. The van der Waals surface area contributed by atoms with E-state index >= 15 is 0 Å². The SMILES string of the molecule is C=C(Nc1cncc(-c2ccc3[nH]nc(-c4cc5c(-c6ccsc6)cncc5[nH]4)c3n2)c1)C(C)(C)C. The molecule has 6 rings (SSSR count). The number of fused-ring (bicyclic) bond motifs is 2. The number of rotatable bonds is 5. The van der Waals surface area contributed by atoms with E-state index in [1.165, 1.54) is 0 Å². The average molecular weight is 492 g/mol. The lowest BCUT2D eigenvalue weighted by Gasteiger charge is -2.23. The molecule has 6 aromatic rings. The molecular formula is C28H25N7S. The summed E-state index contributed by atoms with van der Waals surface area (Å²) >= 11 is 1.67. The zero-order valence-electron chi connectivity index (χ0n) is 20.3. The van der Waals surface area contributed by atoms with Gasteiger partial charge in [0.25, 0.3) is 0 Å². The van der Waals surface area contributed by atoms with Gasteiger partial charge in [-0.05, 0) is 46.7 Å². The monoisotopic (exact) mass is 491 g/mol. The van der Waals surface area contributed by atoms with Crippen molar-refractivity contribution >= 4 is 39.0 Å². The van der Waals surface area contributed by atoms with Gasteiger partial charge in [-0.15, -0.1) is 0 Å². The second-order valence-corrected chi connectivity index (χ2v) is 10.6. The normalized spacial score (nSPS) is 11.9. The molecule has 178 valence electrons. The van der Waals surface area contributed by atoms with Gasteiger partial charge in [0.1, 0.15) is 11.2 Å². The summed E-state index contributed by atoms with van der Waals surface area (Å²) in [5, 5.41) is 16.4. The Labute approximate surface area is 212 Å². The van der Waals surface area contributed by atoms with E-state index in [0.717, 1.165) is 67.1 Å². The minimum atomic E-state index is -0.0583. The first-order chi connectivity index (χ1) is 17.4. The molecule has 0 aliphatic rings. The maximum Gasteiger partial charge on any atom is 0.135 e. The number of thiophene rings is 1. The minimum absolute atomic E-state index is 0.0583. The highest BCUT2D eigenvalue weighted by Gasteiger charge is 2.17. The molecule has 0 radical (unpaired) electrons. The number of nitrogens with one attached hydrogen (secondary N) is 3. The number of hydrogen-bond acceptors (Lipinski definition) is 6. The fourth-order valence-electron chi connectivity index (χ4n) is 4.08. The topological polar surface area (TPSA) is 95.2 Å². The summed E-state index contributed by atoms with van der Waals surface area (Å²) in [4.78, 5) is 17.3. The molecule has 0 unspecified atom stereocenters. The molecule has 0 fully saturated rings. The predicted octanol–water partition coefficient (Wildman–Crippen LogP) is 7.26. The maximum absolute atomic E-state index is 4.98. The molecule has 8 heteroatoms. The number of aromatic nitrogens is 6. The molecule has 0 aromatic carbocycles. The summed E-state index contributed by atoms with van der Waals surface area (Å²) in [7, 11) is 0. The Morgan fingerprint density at radius 1 is 0.972 bits per heavy atom. The van der Waals surface area contributed by atoms with Crippen molar-refractivity contribution in [2.24, 2.45) is 5.41 Å². The first-order valence-electron chi connectivity index (χ1n) is 11.6. The van der Waals surface area contributed by atoms with Crippen molar-refractivity contribution < 1.29 is 0 Å². The first kappa shape index (κ1) is 22.2. The standard InChI is InChI=1S/C28H25N7S/c1-16(28(2,3)4)31-19-9-18(11-29-12-19)22-5-6-23-26(33-22)27(35-34-23)24-10-20-21(17-7-8-36-15-17)13-30-14-25(20)32-24/h5-15,31-32H,1H2,2-4H3,(H,34,35).